The summed E-state index contributed by atoms with van der Waals surface area (Å²) in [6.45, 7) is 9.31. The lowest BCUT2D eigenvalue weighted by molar-refractivity contribution is 0.0671. The lowest BCUT2D eigenvalue weighted by Crippen LogP contribution is -2.40. The maximum Gasteiger partial charge on any atom is 0.191 e. The molecule has 2 aromatic rings. The third kappa shape index (κ3) is 4.93. The van der Waals surface area contributed by atoms with Crippen molar-refractivity contribution in [3.05, 3.63) is 53.3 Å². The fourth-order valence-electron chi connectivity index (χ4n) is 3.37. The van der Waals surface area contributed by atoms with Gasteiger partial charge in [-0.05, 0) is 37.3 Å². The summed E-state index contributed by atoms with van der Waals surface area (Å²) in [5.41, 5.74) is 2.47. The van der Waals surface area contributed by atoms with Crippen LogP contribution in [0.25, 0.3) is 0 Å². The topological polar surface area (TPSA) is 74.5 Å². The minimum absolute atomic E-state index is 0.272. The zero-order valence-corrected chi connectivity index (χ0v) is 17.6. The van der Waals surface area contributed by atoms with Crippen LogP contribution in [0.15, 0.2) is 41.7 Å². The Hall–Kier alpha value is -2.34. The van der Waals surface area contributed by atoms with E-state index in [1.165, 1.54) is 11.1 Å². The Bertz CT molecular complexity index is 807. The molecule has 3 unspecified atom stereocenters. The molecule has 1 aliphatic rings. The highest BCUT2D eigenvalue weighted by molar-refractivity contribution is 5.80. The normalized spacial score (nSPS) is 21.5. The highest BCUT2D eigenvalue weighted by atomic mass is 16.3. The molecule has 1 aliphatic carbocycles. The first-order chi connectivity index (χ1) is 13.3. The maximum atomic E-state index is 10.8. The number of benzene rings is 1. The zero-order valence-electron chi connectivity index (χ0n) is 17.6. The largest absolute Gasteiger partial charge is 0.383 e. The Kier molecular flexibility index (Phi) is 6.08. The van der Waals surface area contributed by atoms with Crippen LogP contribution < -0.4 is 10.6 Å². The monoisotopic (exact) mass is 383 g/mol. The van der Waals surface area contributed by atoms with Gasteiger partial charge in [-0.25, -0.2) is 4.99 Å². The van der Waals surface area contributed by atoms with E-state index < -0.39 is 5.60 Å². The molecular formula is C22H33N5O. The highest BCUT2D eigenvalue weighted by Gasteiger charge is 2.39. The van der Waals surface area contributed by atoms with Gasteiger partial charge in [-0.3, -0.25) is 4.68 Å². The summed E-state index contributed by atoms with van der Waals surface area (Å²) in [5, 5.41) is 21.7. The summed E-state index contributed by atoms with van der Waals surface area (Å²) in [6, 6.07) is 9.35. The van der Waals surface area contributed by atoms with Crippen LogP contribution in [-0.4, -0.2) is 40.0 Å². The molecule has 0 saturated heterocycles. The van der Waals surface area contributed by atoms with Crippen molar-refractivity contribution in [1.29, 1.82) is 0 Å². The van der Waals surface area contributed by atoms with Gasteiger partial charge in [0.2, 0.25) is 0 Å². The number of hydrogen-bond acceptors (Lipinski definition) is 3. The third-order valence-electron chi connectivity index (χ3n) is 5.36. The Balaban J connectivity index is 1.61. The molecule has 0 aliphatic heterocycles. The van der Waals surface area contributed by atoms with Crippen molar-refractivity contribution in [2.45, 2.75) is 57.6 Å². The number of hydrogen-bond donors (Lipinski definition) is 3. The van der Waals surface area contributed by atoms with E-state index in [1.54, 1.807) is 17.8 Å². The molecule has 1 aromatic carbocycles. The second-order valence-corrected chi connectivity index (χ2v) is 8.29. The number of aryl methyl sites for hydroxylation is 1. The predicted octanol–water partition coefficient (Wildman–Crippen LogP) is 2.86. The van der Waals surface area contributed by atoms with Gasteiger partial charge in [-0.2, -0.15) is 5.10 Å². The third-order valence-corrected chi connectivity index (χ3v) is 5.36. The van der Waals surface area contributed by atoms with Gasteiger partial charge in [0, 0.05) is 37.3 Å². The molecule has 3 N–H and O–H groups in total. The number of aliphatic hydroxyl groups is 1. The van der Waals surface area contributed by atoms with Crippen LogP contribution in [0.1, 0.15) is 62.6 Å². The summed E-state index contributed by atoms with van der Waals surface area (Å²) in [5.74, 6) is 1.82. The van der Waals surface area contributed by atoms with E-state index in [9.17, 15) is 5.11 Å². The Labute approximate surface area is 168 Å². The van der Waals surface area contributed by atoms with Crippen molar-refractivity contribution >= 4 is 5.96 Å². The molecule has 0 spiro atoms. The van der Waals surface area contributed by atoms with Gasteiger partial charge in [0.15, 0.2) is 5.96 Å². The highest BCUT2D eigenvalue weighted by Crippen LogP contribution is 2.41. The SMILES string of the molecule is CCNC(=NCC(C)(O)c1cnn(C)c1)NC1CC1c1ccc(C(C)C)cc1. The molecule has 6 nitrogen and oxygen atoms in total. The molecule has 152 valence electrons. The average Bonchev–Trinajstić information content (AvgIpc) is 3.28. The summed E-state index contributed by atoms with van der Waals surface area (Å²) >= 11 is 0. The molecular weight excluding hydrogens is 350 g/mol. The van der Waals surface area contributed by atoms with Crippen LogP contribution in [0.5, 0.6) is 0 Å². The smallest absolute Gasteiger partial charge is 0.191 e. The maximum absolute atomic E-state index is 10.8. The summed E-state index contributed by atoms with van der Waals surface area (Å²) < 4.78 is 1.69. The van der Waals surface area contributed by atoms with Gasteiger partial charge in [-0.1, -0.05) is 38.1 Å². The van der Waals surface area contributed by atoms with Gasteiger partial charge >= 0.3 is 0 Å². The van der Waals surface area contributed by atoms with Crippen LogP contribution in [-0.2, 0) is 12.6 Å². The lowest BCUT2D eigenvalue weighted by atomic mass is 10.0. The summed E-state index contributed by atoms with van der Waals surface area (Å²) in [6.07, 6.45) is 4.62. The summed E-state index contributed by atoms with van der Waals surface area (Å²) in [4.78, 5) is 4.62. The first-order valence-electron chi connectivity index (χ1n) is 10.2. The molecule has 28 heavy (non-hydrogen) atoms. The van der Waals surface area contributed by atoms with E-state index in [1.807, 2.05) is 20.2 Å². The van der Waals surface area contributed by atoms with Gasteiger partial charge in [-0.15, -0.1) is 0 Å². The first kappa shape index (κ1) is 20.4. The number of nitrogens with zero attached hydrogens (tertiary/aromatic N) is 3. The average molecular weight is 384 g/mol. The molecule has 1 heterocycles. The van der Waals surface area contributed by atoms with E-state index >= 15 is 0 Å². The minimum Gasteiger partial charge on any atom is -0.383 e. The van der Waals surface area contributed by atoms with Gasteiger partial charge < -0.3 is 15.7 Å². The molecule has 0 radical (unpaired) electrons. The molecule has 3 atom stereocenters. The molecule has 0 amide bonds. The van der Waals surface area contributed by atoms with Crippen molar-refractivity contribution < 1.29 is 5.11 Å². The van der Waals surface area contributed by atoms with Gasteiger partial charge in [0.05, 0.1) is 12.7 Å². The fourth-order valence-corrected chi connectivity index (χ4v) is 3.37. The van der Waals surface area contributed by atoms with Crippen LogP contribution in [0.4, 0.5) is 0 Å². The standard InChI is InChI=1S/C22H33N5O/c1-6-23-21(24-14-22(4,28)18-12-25-27(5)13-18)26-20-11-19(20)17-9-7-16(8-10-17)15(2)3/h7-10,12-13,15,19-20,28H,6,11,14H2,1-5H3,(H2,23,24,26). The minimum atomic E-state index is -1.05. The Morgan fingerprint density at radius 3 is 2.64 bits per heavy atom. The van der Waals surface area contributed by atoms with Crippen LogP contribution in [0.3, 0.4) is 0 Å². The summed E-state index contributed by atoms with van der Waals surface area (Å²) in [7, 11) is 1.84. The van der Waals surface area contributed by atoms with Crippen molar-refractivity contribution in [2.24, 2.45) is 12.0 Å². The zero-order chi connectivity index (χ0) is 20.3. The Morgan fingerprint density at radius 1 is 1.36 bits per heavy atom. The van der Waals surface area contributed by atoms with E-state index in [-0.39, 0.29) is 6.54 Å². The second kappa shape index (κ2) is 8.35. The van der Waals surface area contributed by atoms with Gasteiger partial charge in [0.1, 0.15) is 5.60 Å². The van der Waals surface area contributed by atoms with E-state index in [2.05, 4.69) is 58.8 Å². The second-order valence-electron chi connectivity index (χ2n) is 8.29. The lowest BCUT2D eigenvalue weighted by Gasteiger charge is -2.20. The number of nitrogens with one attached hydrogen (secondary N) is 2. The van der Waals surface area contributed by atoms with Gasteiger partial charge in [0.25, 0.3) is 0 Å². The van der Waals surface area contributed by atoms with E-state index in [0.29, 0.717) is 17.9 Å². The molecule has 1 fully saturated rings. The van der Waals surface area contributed by atoms with Crippen molar-refractivity contribution in [2.75, 3.05) is 13.1 Å². The quantitative estimate of drug-likeness (QED) is 0.508. The van der Waals surface area contributed by atoms with E-state index in [0.717, 1.165) is 24.5 Å². The van der Waals surface area contributed by atoms with Crippen LogP contribution >= 0.6 is 0 Å². The molecule has 3 rings (SSSR count). The molecule has 1 aromatic heterocycles. The fraction of sp³-hybridized carbons (Fsp3) is 0.545. The Morgan fingerprint density at radius 2 is 2.07 bits per heavy atom. The van der Waals surface area contributed by atoms with Crippen molar-refractivity contribution in [3.8, 4) is 0 Å². The number of guanidine groups is 1. The predicted molar refractivity (Wildman–Crippen MR) is 114 cm³/mol. The number of aromatic nitrogens is 2. The van der Waals surface area contributed by atoms with Crippen molar-refractivity contribution in [3.63, 3.8) is 0 Å². The molecule has 0 bridgehead atoms. The molecule has 1 saturated carbocycles. The van der Waals surface area contributed by atoms with Crippen molar-refractivity contribution in [1.82, 2.24) is 20.4 Å². The molecule has 6 heteroatoms. The van der Waals surface area contributed by atoms with Crippen LogP contribution in [0, 0.1) is 0 Å². The van der Waals surface area contributed by atoms with E-state index in [4.69, 9.17) is 0 Å². The number of aliphatic imine (C=N–C) groups is 1. The number of rotatable bonds is 7. The van der Waals surface area contributed by atoms with Crippen LogP contribution in [0.2, 0.25) is 0 Å². The first-order valence-corrected chi connectivity index (χ1v) is 10.2.